The van der Waals surface area contributed by atoms with E-state index in [1.54, 1.807) is 0 Å². The van der Waals surface area contributed by atoms with Gasteiger partial charge in [0.2, 0.25) is 11.9 Å². The highest BCUT2D eigenvalue weighted by molar-refractivity contribution is 7.99. The van der Waals surface area contributed by atoms with Gasteiger partial charge < -0.3 is 15.4 Å². The van der Waals surface area contributed by atoms with E-state index in [9.17, 15) is 0 Å². The summed E-state index contributed by atoms with van der Waals surface area (Å²) in [7, 11) is 0. The van der Waals surface area contributed by atoms with Gasteiger partial charge in [-0.3, -0.25) is 0 Å². The molecule has 2 N–H and O–H groups in total. The van der Waals surface area contributed by atoms with Crippen LogP contribution in [0.15, 0.2) is 0 Å². The van der Waals surface area contributed by atoms with E-state index in [1.807, 2.05) is 18.7 Å². The van der Waals surface area contributed by atoms with Crippen LogP contribution in [-0.2, 0) is 0 Å². The number of nitrogens with zero attached hydrogens (tertiary/aromatic N) is 3. The Bertz CT molecular complexity index is 412. The molecule has 1 aromatic rings. The number of rotatable bonds is 8. The van der Waals surface area contributed by atoms with Gasteiger partial charge in [0.15, 0.2) is 0 Å². The summed E-state index contributed by atoms with van der Waals surface area (Å²) in [6.45, 7) is 6.38. The van der Waals surface area contributed by atoms with Crippen molar-refractivity contribution in [1.29, 1.82) is 0 Å². The monoisotopic (exact) mass is 297 g/mol. The molecule has 2 rings (SSSR count). The molecule has 20 heavy (non-hydrogen) atoms. The van der Waals surface area contributed by atoms with Crippen LogP contribution < -0.4 is 15.4 Å². The van der Waals surface area contributed by atoms with Crippen molar-refractivity contribution in [1.82, 2.24) is 15.0 Å². The Kier molecular flexibility index (Phi) is 6.17. The Labute approximate surface area is 124 Å². The molecule has 1 saturated heterocycles. The van der Waals surface area contributed by atoms with Crippen LogP contribution in [0, 0.1) is 5.92 Å². The summed E-state index contributed by atoms with van der Waals surface area (Å²) in [5, 5.41) is 6.41. The van der Waals surface area contributed by atoms with Gasteiger partial charge in [-0.25, -0.2) is 0 Å². The maximum absolute atomic E-state index is 5.51. The molecule has 0 aromatic carbocycles. The lowest BCUT2D eigenvalue weighted by molar-refractivity contribution is 0.292. The van der Waals surface area contributed by atoms with Crippen LogP contribution in [0.3, 0.4) is 0 Å². The fourth-order valence-electron chi connectivity index (χ4n) is 1.91. The molecule has 112 valence electrons. The predicted octanol–water partition coefficient (Wildman–Crippen LogP) is 2.26. The molecule has 0 spiro atoms. The number of hydrogen-bond donors (Lipinski definition) is 2. The van der Waals surface area contributed by atoms with E-state index < -0.39 is 0 Å². The van der Waals surface area contributed by atoms with Gasteiger partial charge in [-0.1, -0.05) is 6.92 Å². The van der Waals surface area contributed by atoms with Crippen LogP contribution in [0.5, 0.6) is 6.01 Å². The zero-order chi connectivity index (χ0) is 14.2. The molecule has 1 aromatic heterocycles. The molecule has 1 fully saturated rings. The molecule has 0 amide bonds. The number of thioether (sulfide) groups is 1. The maximum atomic E-state index is 5.51. The Hall–Kier alpha value is -1.24. The molecule has 2 heterocycles. The first-order valence-corrected chi connectivity index (χ1v) is 8.41. The summed E-state index contributed by atoms with van der Waals surface area (Å²) in [5.74, 6) is 4.35. The predicted molar refractivity (Wildman–Crippen MR) is 83.7 cm³/mol. The Morgan fingerprint density at radius 2 is 2.00 bits per heavy atom. The van der Waals surface area contributed by atoms with Crippen molar-refractivity contribution in [2.24, 2.45) is 5.92 Å². The van der Waals surface area contributed by atoms with Crippen LogP contribution in [-0.4, -0.2) is 46.2 Å². The Morgan fingerprint density at radius 3 is 2.65 bits per heavy atom. The van der Waals surface area contributed by atoms with E-state index >= 15 is 0 Å². The van der Waals surface area contributed by atoms with Crippen molar-refractivity contribution >= 4 is 23.7 Å². The van der Waals surface area contributed by atoms with Gasteiger partial charge >= 0.3 is 6.01 Å². The van der Waals surface area contributed by atoms with Gasteiger partial charge in [0, 0.05) is 13.1 Å². The van der Waals surface area contributed by atoms with Gasteiger partial charge in [0.05, 0.1) is 6.61 Å². The SMILES string of the molecule is CCCOc1nc(NCC)nc(NCC2CCSC2)n1. The lowest BCUT2D eigenvalue weighted by Gasteiger charge is -2.12. The number of anilines is 2. The second-order valence-electron chi connectivity index (χ2n) is 4.75. The van der Waals surface area contributed by atoms with Crippen molar-refractivity contribution in [3.8, 4) is 6.01 Å². The van der Waals surface area contributed by atoms with Gasteiger partial charge in [0.1, 0.15) is 0 Å². The van der Waals surface area contributed by atoms with Crippen molar-refractivity contribution in [2.45, 2.75) is 26.7 Å². The Balaban J connectivity index is 1.98. The largest absolute Gasteiger partial charge is 0.463 e. The minimum absolute atomic E-state index is 0.390. The van der Waals surface area contributed by atoms with Gasteiger partial charge in [-0.05, 0) is 37.2 Å². The molecule has 1 aliphatic rings. The summed E-state index contributed by atoms with van der Waals surface area (Å²) in [6.07, 6.45) is 2.20. The first-order valence-electron chi connectivity index (χ1n) is 7.26. The summed E-state index contributed by atoms with van der Waals surface area (Å²) < 4.78 is 5.51. The van der Waals surface area contributed by atoms with Crippen molar-refractivity contribution in [3.05, 3.63) is 0 Å². The van der Waals surface area contributed by atoms with Crippen LogP contribution in [0.4, 0.5) is 11.9 Å². The van der Waals surface area contributed by atoms with Gasteiger partial charge in [-0.15, -0.1) is 0 Å². The van der Waals surface area contributed by atoms with Crippen LogP contribution in [0.1, 0.15) is 26.7 Å². The molecular formula is C13H23N5OS. The number of hydrogen-bond acceptors (Lipinski definition) is 7. The minimum Gasteiger partial charge on any atom is -0.463 e. The summed E-state index contributed by atoms with van der Waals surface area (Å²) in [6, 6.07) is 0.390. The average Bonchev–Trinajstić information content (AvgIpc) is 2.96. The highest BCUT2D eigenvalue weighted by Gasteiger charge is 2.16. The van der Waals surface area contributed by atoms with Crippen LogP contribution >= 0.6 is 11.8 Å². The number of aromatic nitrogens is 3. The third kappa shape index (κ3) is 4.70. The van der Waals surface area contributed by atoms with E-state index in [2.05, 4.69) is 32.5 Å². The molecule has 7 heteroatoms. The quantitative estimate of drug-likeness (QED) is 0.762. The standard InChI is InChI=1S/C13H23N5OS/c1-3-6-19-13-17-11(14-4-2)16-12(18-13)15-8-10-5-7-20-9-10/h10H,3-9H2,1-2H3,(H2,14,15,16,17,18). The molecule has 0 aliphatic carbocycles. The fraction of sp³-hybridized carbons (Fsp3) is 0.769. The number of ether oxygens (including phenoxy) is 1. The second-order valence-corrected chi connectivity index (χ2v) is 5.90. The molecule has 0 saturated carbocycles. The van der Waals surface area contributed by atoms with Crippen molar-refractivity contribution in [3.63, 3.8) is 0 Å². The van der Waals surface area contributed by atoms with E-state index in [4.69, 9.17) is 4.74 Å². The summed E-state index contributed by atoms with van der Waals surface area (Å²) in [4.78, 5) is 12.9. The first-order chi connectivity index (χ1) is 9.81. The van der Waals surface area contributed by atoms with Gasteiger partial charge in [-0.2, -0.15) is 26.7 Å². The van der Waals surface area contributed by atoms with Crippen LogP contribution in [0.25, 0.3) is 0 Å². The van der Waals surface area contributed by atoms with Crippen molar-refractivity contribution < 1.29 is 4.74 Å². The molecule has 0 radical (unpaired) electrons. The zero-order valence-corrected chi connectivity index (χ0v) is 13.0. The van der Waals surface area contributed by atoms with E-state index in [0.717, 1.165) is 19.5 Å². The van der Waals surface area contributed by atoms with Crippen LogP contribution in [0.2, 0.25) is 0 Å². The molecule has 1 unspecified atom stereocenters. The molecule has 6 nitrogen and oxygen atoms in total. The van der Waals surface area contributed by atoms with E-state index in [1.165, 1.54) is 17.9 Å². The average molecular weight is 297 g/mol. The molecular weight excluding hydrogens is 274 g/mol. The maximum Gasteiger partial charge on any atom is 0.323 e. The van der Waals surface area contributed by atoms with Crippen molar-refractivity contribution in [2.75, 3.05) is 41.8 Å². The lowest BCUT2D eigenvalue weighted by atomic mass is 10.1. The highest BCUT2D eigenvalue weighted by atomic mass is 32.2. The number of nitrogens with one attached hydrogen (secondary N) is 2. The smallest absolute Gasteiger partial charge is 0.323 e. The molecule has 0 bridgehead atoms. The Morgan fingerprint density at radius 1 is 1.20 bits per heavy atom. The summed E-state index contributed by atoms with van der Waals surface area (Å²) in [5.41, 5.74) is 0. The van der Waals surface area contributed by atoms with E-state index in [-0.39, 0.29) is 0 Å². The summed E-state index contributed by atoms with van der Waals surface area (Å²) >= 11 is 2.01. The highest BCUT2D eigenvalue weighted by Crippen LogP contribution is 2.23. The minimum atomic E-state index is 0.390. The zero-order valence-electron chi connectivity index (χ0n) is 12.2. The third-order valence-corrected chi connectivity index (χ3v) is 4.19. The van der Waals surface area contributed by atoms with Gasteiger partial charge in [0.25, 0.3) is 0 Å². The topological polar surface area (TPSA) is 72.0 Å². The normalized spacial score (nSPS) is 18.0. The fourth-order valence-corrected chi connectivity index (χ4v) is 3.20. The molecule has 1 aliphatic heterocycles. The van der Waals surface area contributed by atoms with E-state index in [0.29, 0.717) is 30.4 Å². The lowest BCUT2D eigenvalue weighted by Crippen LogP contribution is -2.17. The third-order valence-electron chi connectivity index (χ3n) is 2.96. The molecule has 1 atom stereocenters. The second kappa shape index (κ2) is 8.14. The first kappa shape index (κ1) is 15.2.